The second-order valence-corrected chi connectivity index (χ2v) is 12.8. The van der Waals surface area contributed by atoms with Crippen molar-refractivity contribution in [3.8, 4) is 11.6 Å². The van der Waals surface area contributed by atoms with Gasteiger partial charge in [0.25, 0.3) is 17.7 Å². The number of nitrogens with one attached hydrogen (secondary N) is 1. The van der Waals surface area contributed by atoms with Crippen LogP contribution in [0, 0.1) is 0 Å². The zero-order valence-corrected chi connectivity index (χ0v) is 19.8. The fourth-order valence-corrected chi connectivity index (χ4v) is 4.69. The third-order valence-electron chi connectivity index (χ3n) is 5.52. The Kier molecular flexibility index (Phi) is 6.07. The number of hydrogen-bond acceptors (Lipinski definition) is 6. The molecule has 2 amide bonds. The lowest BCUT2D eigenvalue weighted by Crippen LogP contribution is -2.38. The van der Waals surface area contributed by atoms with Crippen LogP contribution in [0.5, 0.6) is 11.6 Å². The lowest BCUT2D eigenvalue weighted by atomic mass is 10.0. The van der Waals surface area contributed by atoms with Crippen LogP contribution in [0.1, 0.15) is 27.7 Å². The van der Waals surface area contributed by atoms with E-state index in [1.165, 1.54) is 16.8 Å². The van der Waals surface area contributed by atoms with Crippen LogP contribution in [-0.2, 0) is 11.2 Å². The SMILES string of the molecule is CN(C(=O)c1cc(O)no1)C(C(=O)Nc1ccc(S(C)(C)C)cc1)c1ccc2c(c1)CCO2. The van der Waals surface area contributed by atoms with Gasteiger partial charge in [-0.1, -0.05) is 6.07 Å². The summed E-state index contributed by atoms with van der Waals surface area (Å²) in [6, 6.07) is 13.4. The van der Waals surface area contributed by atoms with Gasteiger partial charge in [0.15, 0.2) is 0 Å². The molecule has 8 nitrogen and oxygen atoms in total. The zero-order valence-electron chi connectivity index (χ0n) is 19.0. The highest BCUT2D eigenvalue weighted by Gasteiger charge is 2.32. The number of nitrogens with zero attached hydrogens (tertiary/aromatic N) is 2. The molecule has 1 unspecified atom stereocenters. The summed E-state index contributed by atoms with van der Waals surface area (Å²) in [5.74, 6) is -0.721. The first-order valence-corrected chi connectivity index (χ1v) is 13.3. The highest BCUT2D eigenvalue weighted by atomic mass is 32.3. The van der Waals surface area contributed by atoms with E-state index in [9.17, 15) is 14.7 Å². The van der Waals surface area contributed by atoms with Crippen molar-refractivity contribution in [3.05, 3.63) is 65.4 Å². The van der Waals surface area contributed by atoms with Gasteiger partial charge >= 0.3 is 0 Å². The average Bonchev–Trinajstić information content (AvgIpc) is 3.41. The molecule has 1 aromatic heterocycles. The van der Waals surface area contributed by atoms with Crippen molar-refractivity contribution in [2.45, 2.75) is 17.4 Å². The van der Waals surface area contributed by atoms with Crippen LogP contribution < -0.4 is 10.1 Å². The molecule has 0 aliphatic carbocycles. The van der Waals surface area contributed by atoms with E-state index in [0.717, 1.165) is 23.8 Å². The molecule has 0 radical (unpaired) electrons. The van der Waals surface area contributed by atoms with E-state index in [0.29, 0.717) is 17.9 Å². The quantitative estimate of drug-likeness (QED) is 0.569. The van der Waals surface area contributed by atoms with Crippen molar-refractivity contribution in [3.63, 3.8) is 0 Å². The molecule has 0 saturated heterocycles. The number of likely N-dealkylation sites (N-methyl/N-ethyl adjacent to an activating group) is 1. The Morgan fingerprint density at radius 2 is 1.85 bits per heavy atom. The minimum atomic E-state index is -0.941. The number of fused-ring (bicyclic) bond motifs is 1. The number of carbonyl (C=O) groups is 2. The Morgan fingerprint density at radius 3 is 2.48 bits per heavy atom. The van der Waals surface area contributed by atoms with E-state index in [1.807, 2.05) is 36.4 Å². The van der Waals surface area contributed by atoms with Crippen molar-refractivity contribution in [2.75, 3.05) is 37.7 Å². The van der Waals surface area contributed by atoms with Crippen molar-refractivity contribution in [2.24, 2.45) is 0 Å². The van der Waals surface area contributed by atoms with Crippen molar-refractivity contribution in [1.82, 2.24) is 10.1 Å². The van der Waals surface area contributed by atoms with Gasteiger partial charge in [0, 0.05) is 19.2 Å². The molecular weight excluding hydrogens is 442 g/mol. The Labute approximate surface area is 193 Å². The van der Waals surface area contributed by atoms with Crippen molar-refractivity contribution >= 4 is 27.5 Å². The summed E-state index contributed by atoms with van der Waals surface area (Å²) in [6.07, 6.45) is 7.35. The summed E-state index contributed by atoms with van der Waals surface area (Å²) in [4.78, 5) is 29.0. The molecule has 1 atom stereocenters. The molecule has 9 heteroatoms. The maximum Gasteiger partial charge on any atom is 0.293 e. The zero-order chi connectivity index (χ0) is 23.8. The third-order valence-corrected chi connectivity index (χ3v) is 7.21. The van der Waals surface area contributed by atoms with Crippen molar-refractivity contribution in [1.29, 1.82) is 0 Å². The summed E-state index contributed by atoms with van der Waals surface area (Å²) in [5, 5.41) is 15.7. The molecule has 3 aromatic rings. The molecule has 0 bridgehead atoms. The van der Waals surface area contributed by atoms with E-state index in [1.54, 1.807) is 6.07 Å². The number of amides is 2. The standard InChI is InChI=1S/C24H27N3O5S/c1-27(24(30)20-14-21(28)26-32-20)22(16-5-10-19-15(13-16)11-12-31-19)23(29)25-17-6-8-18(9-7-17)33(2,3)4/h5-10,13-14,22H,11-12H2,1-4H3,(H,25,29)(H,26,28). The normalized spacial score (nSPS) is 14.2. The van der Waals surface area contributed by atoms with E-state index < -0.39 is 27.9 Å². The maximum absolute atomic E-state index is 13.5. The molecule has 1 aliphatic rings. The van der Waals surface area contributed by atoms with Gasteiger partial charge in [0.2, 0.25) is 5.76 Å². The first-order chi connectivity index (χ1) is 15.6. The largest absolute Gasteiger partial charge is 0.493 e. The van der Waals surface area contributed by atoms with Crippen LogP contribution in [0.3, 0.4) is 0 Å². The summed E-state index contributed by atoms with van der Waals surface area (Å²) < 4.78 is 10.5. The van der Waals surface area contributed by atoms with Gasteiger partial charge in [-0.15, -0.1) is 0 Å². The maximum atomic E-state index is 13.5. The van der Waals surface area contributed by atoms with Crippen LogP contribution in [0.4, 0.5) is 5.69 Å². The third kappa shape index (κ3) is 4.83. The Morgan fingerprint density at radius 1 is 1.12 bits per heavy atom. The van der Waals surface area contributed by atoms with E-state index >= 15 is 0 Å². The number of ether oxygens (including phenoxy) is 1. The highest BCUT2D eigenvalue weighted by molar-refractivity contribution is 8.32. The molecule has 174 valence electrons. The van der Waals surface area contributed by atoms with Gasteiger partial charge in [-0.05, 0) is 76.3 Å². The summed E-state index contributed by atoms with van der Waals surface area (Å²) in [6.45, 7) is 0.587. The lowest BCUT2D eigenvalue weighted by Gasteiger charge is -2.28. The van der Waals surface area contributed by atoms with E-state index in [2.05, 4.69) is 29.2 Å². The lowest BCUT2D eigenvalue weighted by molar-refractivity contribution is -0.120. The number of aromatic hydroxyl groups is 1. The molecule has 0 fully saturated rings. The fourth-order valence-electron chi connectivity index (χ4n) is 3.74. The second-order valence-electron chi connectivity index (χ2n) is 8.68. The molecule has 2 N–H and O–H groups in total. The van der Waals surface area contributed by atoms with Crippen molar-refractivity contribution < 1.29 is 24.0 Å². The van der Waals surface area contributed by atoms with Gasteiger partial charge in [0.1, 0.15) is 11.8 Å². The Bertz CT molecular complexity index is 1180. The predicted molar refractivity (Wildman–Crippen MR) is 127 cm³/mol. The highest BCUT2D eigenvalue weighted by Crippen LogP contribution is 2.45. The number of hydrogen-bond donors (Lipinski definition) is 2. The molecule has 2 aromatic carbocycles. The summed E-state index contributed by atoms with van der Waals surface area (Å²) >= 11 is 0. The number of benzene rings is 2. The van der Waals surface area contributed by atoms with Gasteiger partial charge in [-0.25, -0.2) is 10.0 Å². The number of aromatic nitrogens is 1. The molecule has 1 aliphatic heterocycles. The van der Waals surface area contributed by atoms with Crippen LogP contribution in [0.2, 0.25) is 0 Å². The minimum absolute atomic E-state index is 0.158. The molecular formula is C24H27N3O5S. The Balaban J connectivity index is 1.64. The van der Waals surface area contributed by atoms with Crippen LogP contribution in [-0.4, -0.2) is 59.4 Å². The molecule has 33 heavy (non-hydrogen) atoms. The average molecular weight is 470 g/mol. The van der Waals surface area contributed by atoms with Crippen LogP contribution >= 0.6 is 10.0 Å². The monoisotopic (exact) mass is 469 g/mol. The fraction of sp³-hybridized carbons (Fsp3) is 0.292. The number of anilines is 1. The topological polar surface area (TPSA) is 105 Å². The minimum Gasteiger partial charge on any atom is -0.493 e. The molecule has 4 rings (SSSR count). The smallest absolute Gasteiger partial charge is 0.293 e. The van der Waals surface area contributed by atoms with Gasteiger partial charge in [0.05, 0.1) is 12.7 Å². The second kappa shape index (κ2) is 8.82. The van der Waals surface area contributed by atoms with Gasteiger partial charge in [-0.2, -0.15) is 0 Å². The molecule has 2 heterocycles. The van der Waals surface area contributed by atoms with E-state index in [4.69, 9.17) is 9.26 Å². The number of carbonyl (C=O) groups excluding carboxylic acids is 2. The number of rotatable bonds is 6. The summed E-state index contributed by atoms with van der Waals surface area (Å²) in [7, 11) is 0.635. The van der Waals surface area contributed by atoms with Gasteiger partial charge < -0.3 is 24.6 Å². The van der Waals surface area contributed by atoms with E-state index in [-0.39, 0.29) is 11.7 Å². The summed E-state index contributed by atoms with van der Waals surface area (Å²) in [5.41, 5.74) is 2.27. The molecule has 0 saturated carbocycles. The Hall–Kier alpha value is -3.46. The first-order valence-electron chi connectivity index (χ1n) is 10.4. The molecule has 0 spiro atoms. The van der Waals surface area contributed by atoms with Gasteiger partial charge in [-0.3, -0.25) is 9.59 Å². The first kappa shape index (κ1) is 22.7. The van der Waals surface area contributed by atoms with Crippen LogP contribution in [0.25, 0.3) is 0 Å². The van der Waals surface area contributed by atoms with Crippen LogP contribution in [0.15, 0.2) is 57.9 Å². The predicted octanol–water partition coefficient (Wildman–Crippen LogP) is 3.82.